The third-order valence-electron chi connectivity index (χ3n) is 4.17. The van der Waals surface area contributed by atoms with Crippen molar-refractivity contribution >= 4 is 35.1 Å². The molecule has 7 nitrogen and oxygen atoms in total. The summed E-state index contributed by atoms with van der Waals surface area (Å²) in [6.07, 6.45) is 4.41. The Morgan fingerprint density at radius 1 is 1.06 bits per heavy atom. The van der Waals surface area contributed by atoms with Crippen LogP contribution < -0.4 is 14.8 Å². The Balaban J connectivity index is 1.87. The Labute approximate surface area is 192 Å². The van der Waals surface area contributed by atoms with E-state index < -0.39 is 5.97 Å². The molecule has 0 saturated heterocycles. The number of hydrogen-bond donors (Lipinski definition) is 1. The highest BCUT2D eigenvalue weighted by Gasteiger charge is 2.12. The first kappa shape index (κ1) is 25.1. The van der Waals surface area contributed by atoms with Crippen molar-refractivity contribution in [1.82, 2.24) is 5.32 Å². The van der Waals surface area contributed by atoms with Crippen LogP contribution in [-0.4, -0.2) is 44.0 Å². The minimum Gasteiger partial charge on any atom is -0.490 e. The fraction of sp³-hybridized carbons (Fsp3) is 0.375. The van der Waals surface area contributed by atoms with Gasteiger partial charge in [-0.1, -0.05) is 13.0 Å². The van der Waals surface area contributed by atoms with Crippen LogP contribution >= 0.6 is 11.3 Å². The van der Waals surface area contributed by atoms with Crippen molar-refractivity contribution < 1.29 is 28.6 Å². The normalized spacial score (nSPS) is 10.7. The fourth-order valence-electron chi connectivity index (χ4n) is 2.67. The lowest BCUT2D eigenvalue weighted by Crippen LogP contribution is -2.22. The van der Waals surface area contributed by atoms with Crippen LogP contribution in [0.3, 0.4) is 0 Å². The van der Waals surface area contributed by atoms with E-state index in [4.69, 9.17) is 14.2 Å². The van der Waals surface area contributed by atoms with Gasteiger partial charge in [0, 0.05) is 24.4 Å². The lowest BCUT2D eigenvalue weighted by atomic mass is 10.2. The molecule has 2 aromatic rings. The van der Waals surface area contributed by atoms with Crippen LogP contribution in [0.1, 0.15) is 47.3 Å². The highest BCUT2D eigenvalue weighted by atomic mass is 32.1. The van der Waals surface area contributed by atoms with Crippen molar-refractivity contribution in [3.63, 3.8) is 0 Å². The van der Waals surface area contributed by atoms with Gasteiger partial charge in [0.15, 0.2) is 18.1 Å². The second-order valence-corrected chi connectivity index (χ2v) is 8.02. The van der Waals surface area contributed by atoms with E-state index in [0.29, 0.717) is 42.6 Å². The van der Waals surface area contributed by atoms with Crippen LogP contribution in [0.15, 0.2) is 36.4 Å². The molecule has 1 aromatic carbocycles. The highest BCUT2D eigenvalue weighted by Crippen LogP contribution is 2.29. The summed E-state index contributed by atoms with van der Waals surface area (Å²) in [5.41, 5.74) is 0.752. The number of carbonyl (C=O) groups is 3. The predicted molar refractivity (Wildman–Crippen MR) is 124 cm³/mol. The molecular weight excluding hydrogens is 430 g/mol. The first-order chi connectivity index (χ1) is 15.4. The van der Waals surface area contributed by atoms with Crippen molar-refractivity contribution in [3.8, 4) is 11.5 Å². The van der Waals surface area contributed by atoms with Gasteiger partial charge in [-0.2, -0.15) is 0 Å². The number of ether oxygens (including phenoxy) is 3. The monoisotopic (exact) mass is 459 g/mol. The first-order valence-corrected chi connectivity index (χ1v) is 11.3. The topological polar surface area (TPSA) is 90.9 Å². The molecule has 0 atom stereocenters. The molecule has 0 fully saturated rings. The number of Topliss-reactive ketones (excluding diaryl/α,β-unsaturated/α-hetero) is 1. The Morgan fingerprint density at radius 3 is 2.59 bits per heavy atom. The number of thiophene rings is 1. The predicted octanol–water partition coefficient (Wildman–Crippen LogP) is 4.05. The maximum Gasteiger partial charge on any atom is 0.331 e. The van der Waals surface area contributed by atoms with Gasteiger partial charge in [0.25, 0.3) is 0 Å². The number of ketones is 1. The van der Waals surface area contributed by atoms with E-state index in [9.17, 15) is 14.4 Å². The Bertz CT molecular complexity index is 950. The maximum atomic E-state index is 12.3. The van der Waals surface area contributed by atoms with Crippen LogP contribution in [0.25, 0.3) is 6.08 Å². The summed E-state index contributed by atoms with van der Waals surface area (Å²) in [4.78, 5) is 36.7. The van der Waals surface area contributed by atoms with Crippen molar-refractivity contribution in [3.05, 3.63) is 51.7 Å². The van der Waals surface area contributed by atoms with Gasteiger partial charge in [-0.3, -0.25) is 9.59 Å². The molecule has 1 amide bonds. The van der Waals surface area contributed by atoms with Crippen LogP contribution in [0, 0.1) is 0 Å². The molecule has 0 aliphatic rings. The zero-order valence-corrected chi connectivity index (χ0v) is 19.5. The molecule has 172 valence electrons. The number of amides is 1. The van der Waals surface area contributed by atoms with Crippen LogP contribution in [0.4, 0.5) is 0 Å². The molecule has 0 aliphatic carbocycles. The van der Waals surface area contributed by atoms with Crippen LogP contribution in [0.2, 0.25) is 0 Å². The number of rotatable bonds is 13. The van der Waals surface area contributed by atoms with Gasteiger partial charge >= 0.3 is 5.97 Å². The van der Waals surface area contributed by atoms with Crippen molar-refractivity contribution in [2.45, 2.75) is 33.6 Å². The number of hydrogen-bond acceptors (Lipinski definition) is 7. The summed E-state index contributed by atoms with van der Waals surface area (Å²) in [5, 5.41) is 2.71. The van der Waals surface area contributed by atoms with Crippen LogP contribution in [-0.2, 0) is 20.7 Å². The van der Waals surface area contributed by atoms with Crippen LogP contribution in [0.5, 0.6) is 11.5 Å². The molecule has 0 bridgehead atoms. The van der Waals surface area contributed by atoms with Gasteiger partial charge in [0.2, 0.25) is 11.7 Å². The number of nitrogens with one attached hydrogen (secondary N) is 1. The molecule has 0 spiro atoms. The fourth-order valence-corrected chi connectivity index (χ4v) is 3.60. The highest BCUT2D eigenvalue weighted by molar-refractivity contribution is 7.14. The second kappa shape index (κ2) is 13.3. The largest absolute Gasteiger partial charge is 0.490 e. The Morgan fingerprint density at radius 2 is 1.88 bits per heavy atom. The van der Waals surface area contributed by atoms with Crippen molar-refractivity contribution in [2.75, 3.05) is 26.4 Å². The third-order valence-corrected chi connectivity index (χ3v) is 5.35. The third kappa shape index (κ3) is 8.55. The van der Waals surface area contributed by atoms with Gasteiger partial charge in [-0.25, -0.2) is 4.79 Å². The minimum absolute atomic E-state index is 0.0901. The molecule has 8 heteroatoms. The van der Waals surface area contributed by atoms with Gasteiger partial charge in [-0.15, -0.1) is 11.3 Å². The SMILES string of the molecule is CCCOc1ccc(/C=C/C(=O)OCC(=O)c2ccc(CCNC(C)=O)s2)cc1OCC. The summed E-state index contributed by atoms with van der Waals surface area (Å²) >= 11 is 1.33. The smallest absolute Gasteiger partial charge is 0.331 e. The molecule has 1 heterocycles. The van der Waals surface area contributed by atoms with E-state index in [-0.39, 0.29) is 18.3 Å². The van der Waals surface area contributed by atoms with E-state index in [1.165, 1.54) is 24.3 Å². The summed E-state index contributed by atoms with van der Waals surface area (Å²) < 4.78 is 16.3. The molecule has 0 aliphatic heterocycles. The van der Waals surface area contributed by atoms with E-state index in [1.807, 2.05) is 26.0 Å². The van der Waals surface area contributed by atoms with Gasteiger partial charge in [0.1, 0.15) is 0 Å². The first-order valence-electron chi connectivity index (χ1n) is 10.5. The van der Waals surface area contributed by atoms with E-state index >= 15 is 0 Å². The standard InChI is InChI=1S/C24H29NO6S/c1-4-14-30-21-9-6-18(15-22(21)29-5-2)7-11-24(28)31-16-20(27)23-10-8-19(32-23)12-13-25-17(3)26/h6-11,15H,4-5,12-14,16H2,1-3H3,(H,25,26)/b11-7+. The number of carbonyl (C=O) groups excluding carboxylic acids is 3. The summed E-state index contributed by atoms with van der Waals surface area (Å²) in [6, 6.07) is 8.95. The molecule has 32 heavy (non-hydrogen) atoms. The van der Waals surface area contributed by atoms with E-state index in [2.05, 4.69) is 5.32 Å². The second-order valence-electron chi connectivity index (χ2n) is 6.85. The average molecular weight is 460 g/mol. The molecule has 1 aromatic heterocycles. The zero-order valence-electron chi connectivity index (χ0n) is 18.6. The van der Waals surface area contributed by atoms with E-state index in [0.717, 1.165) is 16.9 Å². The summed E-state index contributed by atoms with van der Waals surface area (Å²) in [5.74, 6) is 0.307. The van der Waals surface area contributed by atoms with Gasteiger partial charge in [0.05, 0.1) is 18.1 Å². The molecule has 0 saturated carbocycles. The lowest BCUT2D eigenvalue weighted by molar-refractivity contribution is -0.136. The Kier molecular flexibility index (Phi) is 10.5. The molecule has 2 rings (SSSR count). The number of benzene rings is 1. The van der Waals surface area contributed by atoms with E-state index in [1.54, 1.807) is 24.3 Å². The molecule has 0 radical (unpaired) electrons. The molecule has 0 unspecified atom stereocenters. The van der Waals surface area contributed by atoms with Crippen molar-refractivity contribution in [2.24, 2.45) is 0 Å². The van der Waals surface area contributed by atoms with Gasteiger partial charge in [-0.05, 0) is 55.7 Å². The molecular formula is C24H29NO6S. The zero-order chi connectivity index (χ0) is 23.3. The lowest BCUT2D eigenvalue weighted by Gasteiger charge is -2.12. The maximum absolute atomic E-state index is 12.3. The summed E-state index contributed by atoms with van der Waals surface area (Å²) in [7, 11) is 0. The minimum atomic E-state index is -0.606. The number of esters is 1. The Hall–Kier alpha value is -3.13. The summed E-state index contributed by atoms with van der Waals surface area (Å²) in [6.45, 7) is 6.65. The average Bonchev–Trinajstić information content (AvgIpc) is 3.24. The molecule has 1 N–H and O–H groups in total. The quantitative estimate of drug-likeness (QED) is 0.276. The van der Waals surface area contributed by atoms with Crippen molar-refractivity contribution in [1.29, 1.82) is 0 Å². The van der Waals surface area contributed by atoms with Gasteiger partial charge < -0.3 is 19.5 Å².